The first-order valence-electron chi connectivity index (χ1n) is 7.02. The lowest BCUT2D eigenvalue weighted by Gasteiger charge is -2.47. The molecule has 0 aromatic carbocycles. The number of anilines is 2. The highest BCUT2D eigenvalue weighted by Gasteiger charge is 2.39. The van der Waals surface area contributed by atoms with Crippen LogP contribution >= 0.6 is 0 Å². The third-order valence-corrected chi connectivity index (χ3v) is 4.28. The molecule has 0 atom stereocenters. The topological polar surface area (TPSA) is 96.2 Å². The molecule has 1 aromatic heterocycles. The summed E-state index contributed by atoms with van der Waals surface area (Å²) in [6, 6.07) is 0. The molecule has 0 radical (unpaired) electrons. The molecule has 21 heavy (non-hydrogen) atoms. The predicted molar refractivity (Wildman–Crippen MR) is 81.7 cm³/mol. The number of likely N-dealkylation sites (N-methyl/N-ethyl adjacent to an activating group) is 1. The molecule has 0 saturated heterocycles. The molecule has 1 aromatic rings. The molecular weight excluding hydrogens is 272 g/mol. The summed E-state index contributed by atoms with van der Waals surface area (Å²) in [5.41, 5.74) is 0.364. The lowest BCUT2D eigenvalue weighted by molar-refractivity contribution is -0.385. The summed E-state index contributed by atoms with van der Waals surface area (Å²) in [5.74, 6) is 0.665. The van der Waals surface area contributed by atoms with Gasteiger partial charge in [-0.15, -0.1) is 0 Å². The molecule has 8 nitrogen and oxygen atoms in total. The Kier molecular flexibility index (Phi) is 4.26. The summed E-state index contributed by atoms with van der Waals surface area (Å²) >= 11 is 0. The lowest BCUT2D eigenvalue weighted by atomic mass is 9.75. The number of aromatic nitrogens is 2. The van der Waals surface area contributed by atoms with E-state index in [-0.39, 0.29) is 17.0 Å². The zero-order chi connectivity index (χ0) is 15.6. The van der Waals surface area contributed by atoms with E-state index in [1.165, 1.54) is 6.42 Å². The van der Waals surface area contributed by atoms with Crippen molar-refractivity contribution in [3.63, 3.8) is 0 Å². The van der Waals surface area contributed by atoms with E-state index in [4.69, 9.17) is 0 Å². The Morgan fingerprint density at radius 3 is 2.48 bits per heavy atom. The first-order chi connectivity index (χ1) is 9.89. The second-order valence-corrected chi connectivity index (χ2v) is 5.66. The largest absolute Gasteiger partial charge is 0.362 e. The molecule has 1 aliphatic rings. The van der Waals surface area contributed by atoms with Crippen molar-refractivity contribution in [1.82, 2.24) is 14.9 Å². The molecule has 1 heterocycles. The second-order valence-electron chi connectivity index (χ2n) is 5.66. The van der Waals surface area contributed by atoms with Crippen molar-refractivity contribution >= 4 is 17.5 Å². The van der Waals surface area contributed by atoms with Crippen LogP contribution in [0.1, 0.15) is 25.0 Å². The average Bonchev–Trinajstić information content (AvgIpc) is 2.35. The Balaban J connectivity index is 2.26. The quantitative estimate of drug-likeness (QED) is 0.608. The van der Waals surface area contributed by atoms with Crippen molar-refractivity contribution in [2.24, 2.45) is 0 Å². The Hall–Kier alpha value is -1.96. The summed E-state index contributed by atoms with van der Waals surface area (Å²) in [5, 5.41) is 17.2. The average molecular weight is 294 g/mol. The van der Waals surface area contributed by atoms with E-state index in [9.17, 15) is 10.1 Å². The molecule has 0 spiro atoms. The Labute approximate surface area is 124 Å². The van der Waals surface area contributed by atoms with E-state index in [2.05, 4.69) is 25.5 Å². The van der Waals surface area contributed by atoms with Crippen molar-refractivity contribution in [2.45, 2.75) is 31.7 Å². The molecule has 0 aliphatic heterocycles. The summed E-state index contributed by atoms with van der Waals surface area (Å²) in [6.07, 6.45) is 3.36. The molecule has 1 aliphatic carbocycles. The number of hydrogen-bond acceptors (Lipinski definition) is 7. The van der Waals surface area contributed by atoms with E-state index in [1.54, 1.807) is 14.0 Å². The van der Waals surface area contributed by atoms with Crippen LogP contribution in [0.2, 0.25) is 0 Å². The van der Waals surface area contributed by atoms with Gasteiger partial charge in [0.2, 0.25) is 11.8 Å². The Morgan fingerprint density at radius 2 is 2.05 bits per heavy atom. The summed E-state index contributed by atoms with van der Waals surface area (Å²) in [4.78, 5) is 21.3. The van der Waals surface area contributed by atoms with Crippen LogP contribution < -0.4 is 10.6 Å². The van der Waals surface area contributed by atoms with Gasteiger partial charge in [0, 0.05) is 19.1 Å². The van der Waals surface area contributed by atoms with Gasteiger partial charge in [-0.05, 0) is 40.3 Å². The van der Waals surface area contributed by atoms with Gasteiger partial charge < -0.3 is 15.5 Å². The van der Waals surface area contributed by atoms with Gasteiger partial charge >= 0.3 is 5.69 Å². The van der Waals surface area contributed by atoms with E-state index >= 15 is 0 Å². The molecule has 8 heteroatoms. The van der Waals surface area contributed by atoms with Crippen LogP contribution in [-0.4, -0.2) is 53.0 Å². The van der Waals surface area contributed by atoms with Gasteiger partial charge in [0.1, 0.15) is 5.69 Å². The van der Waals surface area contributed by atoms with E-state index in [1.807, 2.05) is 14.1 Å². The summed E-state index contributed by atoms with van der Waals surface area (Å²) < 4.78 is 0. The van der Waals surface area contributed by atoms with Crippen molar-refractivity contribution in [3.05, 3.63) is 15.8 Å². The van der Waals surface area contributed by atoms with Gasteiger partial charge in [-0.2, -0.15) is 4.98 Å². The third-order valence-electron chi connectivity index (χ3n) is 4.28. The van der Waals surface area contributed by atoms with Crippen molar-refractivity contribution < 1.29 is 4.92 Å². The minimum Gasteiger partial charge on any atom is -0.362 e. The number of aryl methyl sites for hydroxylation is 1. The monoisotopic (exact) mass is 294 g/mol. The first kappa shape index (κ1) is 15.4. The van der Waals surface area contributed by atoms with E-state index in [0.29, 0.717) is 18.2 Å². The van der Waals surface area contributed by atoms with Gasteiger partial charge in [0.25, 0.3) is 0 Å². The van der Waals surface area contributed by atoms with E-state index < -0.39 is 4.92 Å². The molecule has 0 bridgehead atoms. The van der Waals surface area contributed by atoms with Crippen LogP contribution in [0.4, 0.5) is 17.5 Å². The maximum absolute atomic E-state index is 11.2. The molecule has 0 unspecified atom stereocenters. The van der Waals surface area contributed by atoms with Crippen LogP contribution in [0.25, 0.3) is 0 Å². The van der Waals surface area contributed by atoms with Gasteiger partial charge in [-0.25, -0.2) is 4.98 Å². The zero-order valence-corrected chi connectivity index (χ0v) is 12.9. The van der Waals surface area contributed by atoms with Gasteiger partial charge in [0.05, 0.1) is 4.92 Å². The number of nitro groups is 1. The fourth-order valence-corrected chi connectivity index (χ4v) is 2.64. The highest BCUT2D eigenvalue weighted by Crippen LogP contribution is 2.37. The maximum Gasteiger partial charge on any atom is 0.332 e. The summed E-state index contributed by atoms with van der Waals surface area (Å²) in [7, 11) is 5.77. The first-order valence-corrected chi connectivity index (χ1v) is 7.02. The fraction of sp³-hybridized carbons (Fsp3) is 0.692. The number of nitrogens with one attached hydrogen (secondary N) is 2. The Morgan fingerprint density at radius 1 is 1.38 bits per heavy atom. The van der Waals surface area contributed by atoms with Crippen molar-refractivity contribution in [2.75, 3.05) is 38.3 Å². The smallest absolute Gasteiger partial charge is 0.332 e. The van der Waals surface area contributed by atoms with Crippen LogP contribution in [0, 0.1) is 17.0 Å². The van der Waals surface area contributed by atoms with Crippen LogP contribution in [-0.2, 0) is 0 Å². The van der Waals surface area contributed by atoms with Crippen molar-refractivity contribution in [3.8, 4) is 0 Å². The minimum absolute atomic E-state index is 0.0535. The minimum atomic E-state index is -0.430. The third kappa shape index (κ3) is 2.90. The van der Waals surface area contributed by atoms with Gasteiger partial charge in [-0.1, -0.05) is 0 Å². The molecule has 2 rings (SSSR count). The number of nitrogens with zero attached hydrogens (tertiary/aromatic N) is 4. The molecule has 116 valence electrons. The molecule has 1 fully saturated rings. The predicted octanol–water partition coefficient (Wildman–Crippen LogP) is 1.63. The van der Waals surface area contributed by atoms with Crippen molar-refractivity contribution in [1.29, 1.82) is 0 Å². The molecule has 2 N–H and O–H groups in total. The fourth-order valence-electron chi connectivity index (χ4n) is 2.64. The second kappa shape index (κ2) is 5.80. The van der Waals surface area contributed by atoms with Gasteiger partial charge in [-0.3, -0.25) is 10.1 Å². The maximum atomic E-state index is 11.2. The van der Waals surface area contributed by atoms with Gasteiger partial charge in [0.15, 0.2) is 0 Å². The standard InChI is InChI=1S/C13H22N6O2/c1-9-10(19(20)21)11(17-12(14-2)16-9)15-8-13(18(3)4)6-5-7-13/h5-8H2,1-4H3,(H2,14,15,16,17). The molecular formula is C13H22N6O2. The highest BCUT2D eigenvalue weighted by molar-refractivity contribution is 5.61. The molecule has 1 saturated carbocycles. The van der Waals surface area contributed by atoms with Crippen LogP contribution in [0.15, 0.2) is 0 Å². The Bertz CT molecular complexity index is 542. The van der Waals surface area contributed by atoms with E-state index in [0.717, 1.165) is 12.8 Å². The molecule has 0 amide bonds. The number of rotatable bonds is 6. The highest BCUT2D eigenvalue weighted by atomic mass is 16.6. The summed E-state index contributed by atoms with van der Waals surface area (Å²) in [6.45, 7) is 2.26. The zero-order valence-electron chi connectivity index (χ0n) is 12.9. The lowest BCUT2D eigenvalue weighted by Crippen LogP contribution is -2.54. The van der Waals surface area contributed by atoms with Crippen LogP contribution in [0.5, 0.6) is 0 Å². The normalized spacial score (nSPS) is 16.4. The number of hydrogen-bond donors (Lipinski definition) is 2. The van der Waals surface area contributed by atoms with Crippen LogP contribution in [0.3, 0.4) is 0 Å². The SMILES string of the molecule is CNc1nc(C)c([N+](=O)[O-])c(NCC2(N(C)C)CCC2)n1.